The summed E-state index contributed by atoms with van der Waals surface area (Å²) in [5, 5.41) is 6.47. The van der Waals surface area contributed by atoms with Crippen LogP contribution >= 0.6 is 0 Å². The molecule has 2 N–H and O–H groups in total. The highest BCUT2D eigenvalue weighted by atomic mass is 16.1. The number of amides is 1. The molecule has 3 heteroatoms. The van der Waals surface area contributed by atoms with Crippen LogP contribution in [0.5, 0.6) is 0 Å². The Balaban J connectivity index is 1.95. The highest BCUT2D eigenvalue weighted by molar-refractivity contribution is 5.95. The molecule has 2 rings (SSSR count). The van der Waals surface area contributed by atoms with Gasteiger partial charge in [0.15, 0.2) is 0 Å². The van der Waals surface area contributed by atoms with Gasteiger partial charge in [-0.1, -0.05) is 13.8 Å². The van der Waals surface area contributed by atoms with Gasteiger partial charge in [0.1, 0.15) is 0 Å². The van der Waals surface area contributed by atoms with Crippen LogP contribution in [0.15, 0.2) is 18.2 Å². The Morgan fingerprint density at radius 2 is 2.10 bits per heavy atom. The highest BCUT2D eigenvalue weighted by Gasteiger charge is 2.14. The fourth-order valence-corrected chi connectivity index (χ4v) is 2.58. The maximum Gasteiger partial charge on any atom is 0.251 e. The normalized spacial score (nSPS) is 15.4. The first-order valence-electron chi connectivity index (χ1n) is 7.74. The van der Waals surface area contributed by atoms with Crippen LogP contribution in [0.4, 0.5) is 5.69 Å². The summed E-state index contributed by atoms with van der Waals surface area (Å²) >= 11 is 0. The van der Waals surface area contributed by atoms with Gasteiger partial charge in [-0.05, 0) is 62.3 Å². The average Bonchev–Trinajstić information content (AvgIpc) is 2.44. The molecule has 0 fully saturated rings. The van der Waals surface area contributed by atoms with E-state index >= 15 is 0 Å². The third-order valence-electron chi connectivity index (χ3n) is 3.86. The Morgan fingerprint density at radius 1 is 1.30 bits per heavy atom. The van der Waals surface area contributed by atoms with Crippen LogP contribution in [0.1, 0.15) is 56.0 Å². The second kappa shape index (κ2) is 6.78. The lowest BCUT2D eigenvalue weighted by atomic mass is 10.00. The van der Waals surface area contributed by atoms with E-state index in [0.717, 1.165) is 37.8 Å². The van der Waals surface area contributed by atoms with Crippen LogP contribution in [0.25, 0.3) is 0 Å². The molecule has 0 spiro atoms. The van der Waals surface area contributed by atoms with Gasteiger partial charge in [0.2, 0.25) is 0 Å². The van der Waals surface area contributed by atoms with Gasteiger partial charge in [0.25, 0.3) is 5.91 Å². The second-order valence-corrected chi connectivity index (χ2v) is 6.25. The van der Waals surface area contributed by atoms with Crippen molar-refractivity contribution in [2.24, 2.45) is 5.92 Å². The molecule has 0 aromatic heterocycles. The summed E-state index contributed by atoms with van der Waals surface area (Å²) in [6.45, 7) is 7.54. The number of rotatable bonds is 5. The maximum atomic E-state index is 12.3. The van der Waals surface area contributed by atoms with Gasteiger partial charge in [-0.25, -0.2) is 0 Å². The monoisotopic (exact) mass is 274 g/mol. The molecule has 1 heterocycles. The Bertz CT molecular complexity index is 468. The smallest absolute Gasteiger partial charge is 0.251 e. The lowest BCUT2D eigenvalue weighted by molar-refractivity contribution is 0.0937. The number of aryl methyl sites for hydroxylation is 1. The van der Waals surface area contributed by atoms with Crippen LogP contribution < -0.4 is 10.6 Å². The molecule has 0 aliphatic carbocycles. The van der Waals surface area contributed by atoms with Crippen molar-refractivity contribution in [3.05, 3.63) is 29.3 Å². The number of hydrogen-bond donors (Lipinski definition) is 2. The molecule has 0 saturated heterocycles. The highest BCUT2D eigenvalue weighted by Crippen LogP contribution is 2.23. The zero-order valence-electron chi connectivity index (χ0n) is 12.8. The van der Waals surface area contributed by atoms with Crippen LogP contribution in [-0.2, 0) is 6.42 Å². The van der Waals surface area contributed by atoms with E-state index in [1.807, 2.05) is 18.2 Å². The molecule has 3 nitrogen and oxygen atoms in total. The van der Waals surface area contributed by atoms with Gasteiger partial charge in [-0.2, -0.15) is 0 Å². The number of nitrogens with one attached hydrogen (secondary N) is 2. The van der Waals surface area contributed by atoms with Gasteiger partial charge in [-0.15, -0.1) is 0 Å². The molecule has 1 aromatic rings. The van der Waals surface area contributed by atoms with Crippen molar-refractivity contribution in [2.75, 3.05) is 11.9 Å². The van der Waals surface area contributed by atoms with Crippen molar-refractivity contribution in [1.29, 1.82) is 0 Å². The van der Waals surface area contributed by atoms with Crippen molar-refractivity contribution < 1.29 is 4.79 Å². The second-order valence-electron chi connectivity index (χ2n) is 6.25. The Labute approximate surface area is 122 Å². The zero-order chi connectivity index (χ0) is 14.5. The topological polar surface area (TPSA) is 41.1 Å². The van der Waals surface area contributed by atoms with Crippen molar-refractivity contribution >= 4 is 11.6 Å². The largest absolute Gasteiger partial charge is 0.385 e. The summed E-state index contributed by atoms with van der Waals surface area (Å²) in [6, 6.07) is 6.22. The molecular formula is C17H26N2O. The number of carbonyl (C=O) groups is 1. The lowest BCUT2D eigenvalue weighted by Crippen LogP contribution is -2.32. The molecule has 0 saturated carbocycles. The van der Waals surface area contributed by atoms with Crippen LogP contribution in [-0.4, -0.2) is 18.5 Å². The zero-order valence-corrected chi connectivity index (χ0v) is 12.8. The number of fused-ring (bicyclic) bond motifs is 1. The minimum atomic E-state index is 0.0506. The summed E-state index contributed by atoms with van der Waals surface area (Å²) in [5.74, 6) is 0.735. The summed E-state index contributed by atoms with van der Waals surface area (Å²) in [5.41, 5.74) is 3.23. The van der Waals surface area contributed by atoms with Gasteiger partial charge in [-0.3, -0.25) is 4.79 Å². The predicted molar refractivity (Wildman–Crippen MR) is 84.3 cm³/mol. The quantitative estimate of drug-likeness (QED) is 0.861. The summed E-state index contributed by atoms with van der Waals surface area (Å²) in [6.07, 6.45) is 4.39. The van der Waals surface area contributed by atoms with Gasteiger partial charge in [0.05, 0.1) is 0 Å². The minimum absolute atomic E-state index is 0.0506. The maximum absolute atomic E-state index is 12.3. The fraction of sp³-hybridized carbons (Fsp3) is 0.588. The lowest BCUT2D eigenvalue weighted by Gasteiger charge is -2.19. The molecule has 1 aliphatic rings. The summed E-state index contributed by atoms with van der Waals surface area (Å²) in [7, 11) is 0. The van der Waals surface area contributed by atoms with E-state index in [9.17, 15) is 4.79 Å². The van der Waals surface area contributed by atoms with Gasteiger partial charge in [0, 0.05) is 23.8 Å². The van der Waals surface area contributed by atoms with E-state index < -0.39 is 0 Å². The van der Waals surface area contributed by atoms with Crippen molar-refractivity contribution in [1.82, 2.24) is 5.32 Å². The molecule has 1 atom stereocenters. The van der Waals surface area contributed by atoms with Crippen molar-refractivity contribution in [3.63, 3.8) is 0 Å². The van der Waals surface area contributed by atoms with Gasteiger partial charge >= 0.3 is 0 Å². The number of anilines is 1. The van der Waals surface area contributed by atoms with Gasteiger partial charge < -0.3 is 10.6 Å². The number of benzene rings is 1. The molecule has 1 unspecified atom stereocenters. The molecule has 0 bridgehead atoms. The molecule has 1 amide bonds. The first-order chi connectivity index (χ1) is 9.56. The SMILES string of the molecule is CC(C)CCC(C)NC(=O)c1ccc2c(c1)CCCN2. The molecular weight excluding hydrogens is 248 g/mol. The van der Waals surface area contributed by atoms with E-state index in [2.05, 4.69) is 31.4 Å². The van der Waals surface area contributed by atoms with Crippen molar-refractivity contribution in [3.8, 4) is 0 Å². The Morgan fingerprint density at radius 3 is 2.85 bits per heavy atom. The van der Waals surface area contributed by atoms with Crippen molar-refractivity contribution in [2.45, 2.75) is 52.5 Å². The van der Waals surface area contributed by atoms with E-state index in [4.69, 9.17) is 0 Å². The standard InChI is InChI=1S/C17H26N2O/c1-12(2)6-7-13(3)19-17(20)15-8-9-16-14(11-15)5-4-10-18-16/h8-9,11-13,18H,4-7,10H2,1-3H3,(H,19,20). The minimum Gasteiger partial charge on any atom is -0.385 e. The number of hydrogen-bond acceptors (Lipinski definition) is 2. The molecule has 0 radical (unpaired) electrons. The van der Waals surface area contributed by atoms with Crippen LogP contribution in [0, 0.1) is 5.92 Å². The number of carbonyl (C=O) groups excluding carboxylic acids is 1. The molecule has 1 aliphatic heterocycles. The predicted octanol–water partition coefficient (Wildman–Crippen LogP) is 3.60. The first kappa shape index (κ1) is 14.9. The van der Waals surface area contributed by atoms with Crippen LogP contribution in [0.3, 0.4) is 0 Å². The van der Waals surface area contributed by atoms with E-state index in [1.165, 1.54) is 11.3 Å². The third kappa shape index (κ3) is 3.99. The first-order valence-corrected chi connectivity index (χ1v) is 7.74. The average molecular weight is 274 g/mol. The fourth-order valence-electron chi connectivity index (χ4n) is 2.58. The molecule has 20 heavy (non-hydrogen) atoms. The summed E-state index contributed by atoms with van der Waals surface area (Å²) < 4.78 is 0. The van der Waals surface area contributed by atoms with E-state index in [1.54, 1.807) is 0 Å². The molecule has 1 aromatic carbocycles. The summed E-state index contributed by atoms with van der Waals surface area (Å²) in [4.78, 5) is 12.3. The van der Waals surface area contributed by atoms with Crippen LogP contribution in [0.2, 0.25) is 0 Å². The Hall–Kier alpha value is -1.51. The van der Waals surface area contributed by atoms with E-state index in [0.29, 0.717) is 5.92 Å². The third-order valence-corrected chi connectivity index (χ3v) is 3.86. The van der Waals surface area contributed by atoms with E-state index in [-0.39, 0.29) is 11.9 Å². The molecule has 110 valence electrons. The Kier molecular flexibility index (Phi) is 5.05.